The SMILES string of the molecule is FC(F)(F)c1cc(Cl)nc(Cl)c1.O=CO. The summed E-state index contributed by atoms with van der Waals surface area (Å²) in [6.45, 7) is -0.250. The number of hydrogen-bond donors (Lipinski definition) is 1. The van der Waals surface area contributed by atoms with Gasteiger partial charge in [-0.2, -0.15) is 13.2 Å². The van der Waals surface area contributed by atoms with Gasteiger partial charge in [-0.05, 0) is 12.1 Å². The Labute approximate surface area is 92.4 Å². The topological polar surface area (TPSA) is 50.2 Å². The number of aromatic nitrogens is 1. The zero-order valence-electron chi connectivity index (χ0n) is 6.92. The number of rotatable bonds is 0. The number of nitrogens with zero attached hydrogens (tertiary/aromatic N) is 1. The van der Waals surface area contributed by atoms with Crippen molar-refractivity contribution in [2.75, 3.05) is 0 Å². The number of alkyl halides is 3. The molecular weight excluding hydrogens is 258 g/mol. The summed E-state index contributed by atoms with van der Waals surface area (Å²) in [5.41, 5.74) is -0.896. The molecule has 1 aromatic heterocycles. The van der Waals surface area contributed by atoms with Crippen LogP contribution in [-0.4, -0.2) is 16.6 Å². The average molecular weight is 262 g/mol. The molecule has 1 aromatic rings. The summed E-state index contributed by atoms with van der Waals surface area (Å²) in [5.74, 6) is 0. The molecule has 1 N–H and O–H groups in total. The fourth-order valence-corrected chi connectivity index (χ4v) is 1.09. The molecule has 0 saturated carbocycles. The maximum absolute atomic E-state index is 12.0. The van der Waals surface area contributed by atoms with Gasteiger partial charge in [-0.3, -0.25) is 4.79 Å². The predicted octanol–water partition coefficient (Wildman–Crippen LogP) is 3.11. The van der Waals surface area contributed by atoms with Crippen molar-refractivity contribution in [2.45, 2.75) is 6.18 Å². The first-order chi connectivity index (χ1) is 6.81. The minimum Gasteiger partial charge on any atom is -0.483 e. The van der Waals surface area contributed by atoms with E-state index in [1.165, 1.54) is 0 Å². The summed E-state index contributed by atoms with van der Waals surface area (Å²) in [6.07, 6.45) is -4.43. The standard InChI is InChI=1S/C6H2Cl2F3N.CH2O2/c7-4-1-3(6(9,10)11)2-5(8)12-4;2-1-3/h1-2H;1H,(H,2,3). The van der Waals surface area contributed by atoms with Crippen LogP contribution >= 0.6 is 23.2 Å². The Morgan fingerprint density at radius 1 is 1.27 bits per heavy atom. The van der Waals surface area contributed by atoms with Gasteiger partial charge in [0.1, 0.15) is 10.3 Å². The maximum Gasteiger partial charge on any atom is 0.416 e. The zero-order valence-corrected chi connectivity index (χ0v) is 8.44. The average Bonchev–Trinajstić information content (AvgIpc) is 2.01. The van der Waals surface area contributed by atoms with E-state index in [2.05, 4.69) is 4.98 Å². The highest BCUT2D eigenvalue weighted by Gasteiger charge is 2.31. The minimum atomic E-state index is -4.43. The van der Waals surface area contributed by atoms with E-state index in [9.17, 15) is 13.2 Å². The van der Waals surface area contributed by atoms with Crippen LogP contribution in [0.25, 0.3) is 0 Å². The van der Waals surface area contributed by atoms with E-state index >= 15 is 0 Å². The first-order valence-corrected chi connectivity index (χ1v) is 4.05. The molecule has 0 amide bonds. The van der Waals surface area contributed by atoms with Crippen LogP contribution in [0.3, 0.4) is 0 Å². The summed E-state index contributed by atoms with van der Waals surface area (Å²) >= 11 is 10.5. The third-order valence-corrected chi connectivity index (χ3v) is 1.48. The monoisotopic (exact) mass is 261 g/mol. The van der Waals surface area contributed by atoms with Crippen molar-refractivity contribution < 1.29 is 23.1 Å². The van der Waals surface area contributed by atoms with E-state index in [1.807, 2.05) is 0 Å². The second-order valence-electron chi connectivity index (χ2n) is 2.10. The van der Waals surface area contributed by atoms with Gasteiger partial charge in [0.05, 0.1) is 5.56 Å². The van der Waals surface area contributed by atoms with Crippen LogP contribution < -0.4 is 0 Å². The molecule has 0 aromatic carbocycles. The summed E-state index contributed by atoms with van der Waals surface area (Å²) in [6, 6.07) is 1.43. The molecule has 0 spiro atoms. The highest BCUT2D eigenvalue weighted by molar-refractivity contribution is 6.32. The third-order valence-electron chi connectivity index (χ3n) is 1.09. The van der Waals surface area contributed by atoms with E-state index in [-0.39, 0.29) is 16.8 Å². The van der Waals surface area contributed by atoms with E-state index in [4.69, 9.17) is 33.1 Å². The first kappa shape index (κ1) is 14.0. The Morgan fingerprint density at radius 2 is 1.60 bits per heavy atom. The molecule has 15 heavy (non-hydrogen) atoms. The molecule has 0 atom stereocenters. The number of pyridine rings is 1. The predicted molar refractivity (Wildman–Crippen MR) is 48.0 cm³/mol. The van der Waals surface area contributed by atoms with Crippen LogP contribution in [0.2, 0.25) is 10.3 Å². The van der Waals surface area contributed by atoms with Gasteiger partial charge in [0.25, 0.3) is 6.47 Å². The fraction of sp³-hybridized carbons (Fsp3) is 0.143. The minimum absolute atomic E-state index is 0.250. The lowest BCUT2D eigenvalue weighted by molar-refractivity contribution is -0.137. The van der Waals surface area contributed by atoms with E-state index in [1.54, 1.807) is 0 Å². The molecule has 0 bridgehead atoms. The van der Waals surface area contributed by atoms with E-state index in [0.29, 0.717) is 12.1 Å². The van der Waals surface area contributed by atoms with Crippen molar-refractivity contribution >= 4 is 29.7 Å². The molecule has 0 aliphatic carbocycles. The maximum atomic E-state index is 12.0. The lowest BCUT2D eigenvalue weighted by Crippen LogP contribution is -2.05. The Hall–Kier alpha value is -1.01. The molecule has 84 valence electrons. The van der Waals surface area contributed by atoms with Gasteiger partial charge in [-0.15, -0.1) is 0 Å². The Bertz CT molecular complexity index is 323. The van der Waals surface area contributed by atoms with Crippen LogP contribution in [0.4, 0.5) is 13.2 Å². The highest BCUT2D eigenvalue weighted by atomic mass is 35.5. The molecular formula is C7H4Cl2F3NO2. The van der Waals surface area contributed by atoms with Crippen molar-refractivity contribution in [3.05, 3.63) is 28.0 Å². The van der Waals surface area contributed by atoms with E-state index < -0.39 is 11.7 Å². The highest BCUT2D eigenvalue weighted by Crippen LogP contribution is 2.31. The van der Waals surface area contributed by atoms with Crippen molar-refractivity contribution in [1.29, 1.82) is 0 Å². The zero-order chi connectivity index (χ0) is 12.1. The second-order valence-corrected chi connectivity index (χ2v) is 2.88. The Kier molecular flexibility index (Phi) is 5.38. The van der Waals surface area contributed by atoms with Crippen LogP contribution in [0.15, 0.2) is 12.1 Å². The molecule has 3 nitrogen and oxygen atoms in total. The van der Waals surface area contributed by atoms with Gasteiger partial charge >= 0.3 is 6.18 Å². The lowest BCUT2D eigenvalue weighted by Gasteiger charge is -2.06. The molecule has 0 fully saturated rings. The van der Waals surface area contributed by atoms with Gasteiger partial charge in [0.15, 0.2) is 0 Å². The molecule has 1 heterocycles. The van der Waals surface area contributed by atoms with Crippen molar-refractivity contribution in [1.82, 2.24) is 4.98 Å². The molecule has 1 rings (SSSR count). The fourth-order valence-electron chi connectivity index (χ4n) is 0.629. The lowest BCUT2D eigenvalue weighted by atomic mass is 10.3. The van der Waals surface area contributed by atoms with Gasteiger partial charge in [0, 0.05) is 0 Å². The summed E-state index contributed by atoms with van der Waals surface area (Å²) < 4.78 is 36.0. The number of carboxylic acid groups (broad SMARTS) is 1. The molecule has 8 heteroatoms. The molecule has 0 aliphatic rings. The van der Waals surface area contributed by atoms with Gasteiger partial charge < -0.3 is 5.11 Å². The van der Waals surface area contributed by atoms with Gasteiger partial charge in [0.2, 0.25) is 0 Å². The number of carbonyl (C=O) groups is 1. The van der Waals surface area contributed by atoms with Crippen molar-refractivity contribution in [3.8, 4) is 0 Å². The van der Waals surface area contributed by atoms with Crippen LogP contribution in [0.5, 0.6) is 0 Å². The quantitative estimate of drug-likeness (QED) is 0.577. The van der Waals surface area contributed by atoms with Crippen molar-refractivity contribution in [2.24, 2.45) is 0 Å². The molecule has 0 saturated heterocycles. The number of halogens is 5. The summed E-state index contributed by atoms with van der Waals surface area (Å²) in [5, 5.41) is 6.35. The summed E-state index contributed by atoms with van der Waals surface area (Å²) in [7, 11) is 0. The second kappa shape index (κ2) is 5.77. The van der Waals surface area contributed by atoms with Crippen molar-refractivity contribution in [3.63, 3.8) is 0 Å². The third kappa shape index (κ3) is 5.44. The molecule has 0 aliphatic heterocycles. The van der Waals surface area contributed by atoms with Gasteiger partial charge in [-0.25, -0.2) is 4.98 Å². The summed E-state index contributed by atoms with van der Waals surface area (Å²) in [4.78, 5) is 11.7. The van der Waals surface area contributed by atoms with Gasteiger partial charge in [-0.1, -0.05) is 23.2 Å². The number of hydrogen-bond acceptors (Lipinski definition) is 2. The first-order valence-electron chi connectivity index (χ1n) is 3.29. The normalized spacial score (nSPS) is 10.2. The Balaban J connectivity index is 0.000000583. The Morgan fingerprint density at radius 3 is 1.87 bits per heavy atom. The molecule has 0 radical (unpaired) electrons. The molecule has 0 unspecified atom stereocenters. The van der Waals surface area contributed by atoms with Crippen LogP contribution in [0, 0.1) is 0 Å². The smallest absolute Gasteiger partial charge is 0.416 e. The largest absolute Gasteiger partial charge is 0.483 e. The van der Waals surface area contributed by atoms with Crippen LogP contribution in [0.1, 0.15) is 5.56 Å². The van der Waals surface area contributed by atoms with Crippen LogP contribution in [-0.2, 0) is 11.0 Å². The van der Waals surface area contributed by atoms with E-state index in [0.717, 1.165) is 0 Å².